The SMILES string of the molecule is N#Cc1cc2n(n1)CCN(C(=O)CC(c1ccccc1)c1ccco1)C2. The molecule has 2 aromatic heterocycles. The number of carbonyl (C=O) groups excluding carboxylic acids is 1. The van der Waals surface area contributed by atoms with Crippen molar-refractivity contribution in [2.45, 2.75) is 25.4 Å². The fourth-order valence-electron chi connectivity index (χ4n) is 3.40. The van der Waals surface area contributed by atoms with Crippen LogP contribution in [0.4, 0.5) is 0 Å². The highest BCUT2D eigenvalue weighted by Gasteiger charge is 2.27. The molecular formula is C20H18N4O2. The number of hydrogen-bond acceptors (Lipinski definition) is 4. The van der Waals surface area contributed by atoms with Crippen molar-refractivity contribution < 1.29 is 9.21 Å². The van der Waals surface area contributed by atoms with Gasteiger partial charge in [0.15, 0.2) is 5.69 Å². The van der Waals surface area contributed by atoms with Crippen molar-refractivity contribution in [2.24, 2.45) is 0 Å². The number of benzene rings is 1. The summed E-state index contributed by atoms with van der Waals surface area (Å²) in [6.45, 7) is 1.69. The highest BCUT2D eigenvalue weighted by Crippen LogP contribution is 2.29. The average molecular weight is 346 g/mol. The number of amides is 1. The molecule has 1 atom stereocenters. The van der Waals surface area contributed by atoms with Crippen molar-refractivity contribution >= 4 is 5.91 Å². The lowest BCUT2D eigenvalue weighted by Crippen LogP contribution is -2.39. The molecule has 0 aliphatic carbocycles. The van der Waals surface area contributed by atoms with Gasteiger partial charge < -0.3 is 9.32 Å². The number of carbonyl (C=O) groups is 1. The molecule has 0 radical (unpaired) electrons. The van der Waals surface area contributed by atoms with Crippen molar-refractivity contribution in [2.75, 3.05) is 6.54 Å². The Labute approximate surface area is 151 Å². The molecule has 0 bridgehead atoms. The van der Waals surface area contributed by atoms with Gasteiger partial charge in [-0.25, -0.2) is 0 Å². The van der Waals surface area contributed by atoms with Crippen LogP contribution < -0.4 is 0 Å². The molecule has 1 unspecified atom stereocenters. The molecule has 3 aromatic rings. The van der Waals surface area contributed by atoms with E-state index in [9.17, 15) is 4.79 Å². The van der Waals surface area contributed by atoms with E-state index in [0.29, 0.717) is 31.7 Å². The van der Waals surface area contributed by atoms with E-state index in [1.165, 1.54) is 0 Å². The molecule has 4 rings (SSSR count). The second kappa shape index (κ2) is 6.89. The summed E-state index contributed by atoms with van der Waals surface area (Å²) >= 11 is 0. The maximum Gasteiger partial charge on any atom is 0.224 e. The number of fused-ring (bicyclic) bond motifs is 1. The second-order valence-electron chi connectivity index (χ2n) is 6.35. The summed E-state index contributed by atoms with van der Waals surface area (Å²) in [4.78, 5) is 14.8. The molecule has 130 valence electrons. The first kappa shape index (κ1) is 16.2. The van der Waals surface area contributed by atoms with E-state index in [2.05, 4.69) is 11.2 Å². The zero-order valence-electron chi connectivity index (χ0n) is 14.2. The molecule has 1 aliphatic heterocycles. The highest BCUT2D eigenvalue weighted by atomic mass is 16.3. The Bertz CT molecular complexity index is 938. The Morgan fingerprint density at radius 2 is 2.08 bits per heavy atom. The van der Waals surface area contributed by atoms with Crippen LogP contribution in [-0.4, -0.2) is 27.1 Å². The molecule has 1 amide bonds. The third-order valence-electron chi connectivity index (χ3n) is 4.73. The molecule has 1 aliphatic rings. The lowest BCUT2D eigenvalue weighted by atomic mass is 9.92. The standard InChI is InChI=1S/C20H18N4O2/c21-13-16-11-17-14-23(8-9-24(17)22-16)20(25)12-18(19-7-4-10-26-19)15-5-2-1-3-6-15/h1-7,10-11,18H,8-9,12,14H2. The third-order valence-corrected chi connectivity index (χ3v) is 4.73. The van der Waals surface area contributed by atoms with E-state index in [0.717, 1.165) is 17.0 Å². The molecule has 6 nitrogen and oxygen atoms in total. The van der Waals surface area contributed by atoms with Gasteiger partial charge in [-0.2, -0.15) is 10.4 Å². The third kappa shape index (κ3) is 3.11. The summed E-state index contributed by atoms with van der Waals surface area (Å²) in [6.07, 6.45) is 1.98. The van der Waals surface area contributed by atoms with Gasteiger partial charge in [-0.15, -0.1) is 0 Å². The van der Waals surface area contributed by atoms with E-state index in [1.807, 2.05) is 52.0 Å². The van der Waals surface area contributed by atoms with Crippen LogP contribution in [0, 0.1) is 11.3 Å². The Morgan fingerprint density at radius 1 is 1.23 bits per heavy atom. The van der Waals surface area contributed by atoms with Gasteiger partial charge in [0.2, 0.25) is 5.91 Å². The minimum absolute atomic E-state index is 0.0706. The van der Waals surface area contributed by atoms with Gasteiger partial charge in [-0.05, 0) is 23.8 Å². The van der Waals surface area contributed by atoms with Crippen LogP contribution in [0.3, 0.4) is 0 Å². The molecule has 1 aromatic carbocycles. The minimum atomic E-state index is -0.111. The average Bonchev–Trinajstić information content (AvgIpc) is 3.35. The summed E-state index contributed by atoms with van der Waals surface area (Å²) in [5.74, 6) is 0.750. The van der Waals surface area contributed by atoms with Gasteiger partial charge >= 0.3 is 0 Å². The van der Waals surface area contributed by atoms with Gasteiger partial charge in [0.1, 0.15) is 11.8 Å². The maximum absolute atomic E-state index is 13.0. The van der Waals surface area contributed by atoms with Gasteiger partial charge in [-0.1, -0.05) is 30.3 Å². The molecule has 0 N–H and O–H groups in total. The number of nitrogens with zero attached hydrogens (tertiary/aromatic N) is 4. The van der Waals surface area contributed by atoms with Crippen molar-refractivity contribution in [1.82, 2.24) is 14.7 Å². The predicted molar refractivity (Wildman–Crippen MR) is 94.0 cm³/mol. The zero-order chi connectivity index (χ0) is 17.9. The number of furan rings is 1. The lowest BCUT2D eigenvalue weighted by molar-refractivity contribution is -0.133. The van der Waals surface area contributed by atoms with E-state index in [-0.39, 0.29) is 11.8 Å². The fourth-order valence-corrected chi connectivity index (χ4v) is 3.40. The number of nitriles is 1. The van der Waals surface area contributed by atoms with Gasteiger partial charge in [0.05, 0.1) is 31.0 Å². The number of hydrogen-bond donors (Lipinski definition) is 0. The molecule has 0 fully saturated rings. The Balaban J connectivity index is 1.53. The van der Waals surface area contributed by atoms with Gasteiger partial charge in [-0.3, -0.25) is 9.48 Å². The van der Waals surface area contributed by atoms with Crippen molar-refractivity contribution in [3.63, 3.8) is 0 Å². The predicted octanol–water partition coefficient (Wildman–Crippen LogP) is 2.91. The first-order chi connectivity index (χ1) is 12.7. The second-order valence-corrected chi connectivity index (χ2v) is 6.35. The van der Waals surface area contributed by atoms with E-state index >= 15 is 0 Å². The quantitative estimate of drug-likeness (QED) is 0.728. The number of aromatic nitrogens is 2. The summed E-state index contributed by atoms with van der Waals surface area (Å²) in [6, 6.07) is 17.5. The first-order valence-electron chi connectivity index (χ1n) is 8.57. The molecule has 0 saturated heterocycles. The molecule has 0 spiro atoms. The van der Waals surface area contributed by atoms with Gasteiger partial charge in [0, 0.05) is 13.0 Å². The molecule has 3 heterocycles. The molecular weight excluding hydrogens is 328 g/mol. The lowest BCUT2D eigenvalue weighted by Gasteiger charge is -2.29. The zero-order valence-corrected chi connectivity index (χ0v) is 14.2. The normalized spacial score (nSPS) is 14.5. The Morgan fingerprint density at radius 3 is 2.81 bits per heavy atom. The fraction of sp³-hybridized carbons (Fsp3) is 0.250. The van der Waals surface area contributed by atoms with Crippen molar-refractivity contribution in [3.8, 4) is 6.07 Å². The van der Waals surface area contributed by atoms with Crippen LogP contribution in [0.1, 0.15) is 35.1 Å². The Hall–Kier alpha value is -3.33. The van der Waals surface area contributed by atoms with Gasteiger partial charge in [0.25, 0.3) is 0 Å². The number of rotatable bonds is 4. The Kier molecular flexibility index (Phi) is 4.28. The van der Waals surface area contributed by atoms with Crippen molar-refractivity contribution in [3.05, 3.63) is 77.5 Å². The summed E-state index contributed by atoms with van der Waals surface area (Å²) in [5, 5.41) is 13.2. The summed E-state index contributed by atoms with van der Waals surface area (Å²) in [7, 11) is 0. The van der Waals surface area contributed by atoms with Crippen LogP contribution in [0.25, 0.3) is 0 Å². The van der Waals surface area contributed by atoms with E-state index in [1.54, 1.807) is 12.3 Å². The minimum Gasteiger partial charge on any atom is -0.469 e. The largest absolute Gasteiger partial charge is 0.469 e. The summed E-state index contributed by atoms with van der Waals surface area (Å²) in [5.41, 5.74) is 2.35. The maximum atomic E-state index is 13.0. The van der Waals surface area contributed by atoms with Crippen LogP contribution in [0.2, 0.25) is 0 Å². The van der Waals surface area contributed by atoms with Crippen LogP contribution in [0.15, 0.2) is 59.2 Å². The molecule has 6 heteroatoms. The smallest absolute Gasteiger partial charge is 0.224 e. The first-order valence-corrected chi connectivity index (χ1v) is 8.57. The van der Waals surface area contributed by atoms with Crippen LogP contribution >= 0.6 is 0 Å². The topological polar surface area (TPSA) is 75.1 Å². The van der Waals surface area contributed by atoms with Crippen LogP contribution in [0.5, 0.6) is 0 Å². The van der Waals surface area contributed by atoms with Crippen LogP contribution in [-0.2, 0) is 17.9 Å². The molecule has 26 heavy (non-hydrogen) atoms. The van der Waals surface area contributed by atoms with E-state index < -0.39 is 0 Å². The summed E-state index contributed by atoms with van der Waals surface area (Å²) < 4.78 is 7.40. The van der Waals surface area contributed by atoms with Crippen molar-refractivity contribution in [1.29, 1.82) is 5.26 Å². The highest BCUT2D eigenvalue weighted by molar-refractivity contribution is 5.77. The van der Waals surface area contributed by atoms with E-state index in [4.69, 9.17) is 9.68 Å². The molecule has 0 saturated carbocycles. The monoisotopic (exact) mass is 346 g/mol.